The quantitative estimate of drug-likeness (QED) is 0.470. The molecule has 1 aromatic rings. The largest absolute Gasteiger partial charge is 0.469 e. The van der Waals surface area contributed by atoms with Gasteiger partial charge >= 0.3 is 5.97 Å². The van der Waals surface area contributed by atoms with Gasteiger partial charge < -0.3 is 10.5 Å². The van der Waals surface area contributed by atoms with Gasteiger partial charge in [-0.15, -0.1) is 0 Å². The summed E-state index contributed by atoms with van der Waals surface area (Å²) in [4.78, 5) is 21.0. The van der Waals surface area contributed by atoms with E-state index in [9.17, 15) is 14.9 Å². The molecule has 0 saturated heterocycles. The van der Waals surface area contributed by atoms with Gasteiger partial charge in [-0.05, 0) is 5.56 Å². The molecule has 1 atom stereocenters. The number of hydrogen-bond acceptors (Lipinski definition) is 5. The Labute approximate surface area is 92.2 Å². The second kappa shape index (κ2) is 5.22. The zero-order chi connectivity index (χ0) is 12.1. The molecule has 0 heterocycles. The van der Waals surface area contributed by atoms with E-state index in [1.54, 1.807) is 6.07 Å². The van der Waals surface area contributed by atoms with Gasteiger partial charge in [0.2, 0.25) is 0 Å². The molecule has 0 fully saturated rings. The van der Waals surface area contributed by atoms with Gasteiger partial charge in [0.05, 0.1) is 18.5 Å². The van der Waals surface area contributed by atoms with Gasteiger partial charge in [-0.25, -0.2) is 0 Å². The third kappa shape index (κ3) is 3.03. The maximum Gasteiger partial charge on any atom is 0.307 e. The average Bonchev–Trinajstić information content (AvgIpc) is 2.28. The normalized spacial score (nSPS) is 11.9. The summed E-state index contributed by atoms with van der Waals surface area (Å²) >= 11 is 0. The van der Waals surface area contributed by atoms with E-state index < -0.39 is 16.9 Å². The van der Waals surface area contributed by atoms with Crippen LogP contribution in [0.3, 0.4) is 0 Å². The van der Waals surface area contributed by atoms with Crippen molar-refractivity contribution in [3.63, 3.8) is 0 Å². The molecule has 16 heavy (non-hydrogen) atoms. The minimum atomic E-state index is -0.590. The van der Waals surface area contributed by atoms with Crippen molar-refractivity contribution in [1.82, 2.24) is 0 Å². The van der Waals surface area contributed by atoms with E-state index in [0.29, 0.717) is 5.56 Å². The Kier molecular flexibility index (Phi) is 3.96. The van der Waals surface area contributed by atoms with Gasteiger partial charge in [0, 0.05) is 18.2 Å². The minimum absolute atomic E-state index is 0.00231. The zero-order valence-electron chi connectivity index (χ0n) is 8.75. The first-order valence-electron chi connectivity index (χ1n) is 4.61. The van der Waals surface area contributed by atoms with Crippen LogP contribution in [0.25, 0.3) is 0 Å². The Hall–Kier alpha value is -1.95. The van der Waals surface area contributed by atoms with E-state index in [1.807, 2.05) is 0 Å². The van der Waals surface area contributed by atoms with Gasteiger partial charge in [-0.3, -0.25) is 14.9 Å². The molecule has 86 valence electrons. The van der Waals surface area contributed by atoms with Crippen molar-refractivity contribution in [2.45, 2.75) is 12.5 Å². The number of methoxy groups -OCH3 is 1. The van der Waals surface area contributed by atoms with E-state index in [2.05, 4.69) is 4.74 Å². The van der Waals surface area contributed by atoms with Crippen molar-refractivity contribution in [1.29, 1.82) is 0 Å². The summed E-state index contributed by atoms with van der Waals surface area (Å²) in [5.74, 6) is -0.445. The molecule has 0 aliphatic rings. The summed E-state index contributed by atoms with van der Waals surface area (Å²) in [6, 6.07) is 5.31. The molecule has 0 aromatic heterocycles. The lowest BCUT2D eigenvalue weighted by atomic mass is 10.0. The van der Waals surface area contributed by atoms with Gasteiger partial charge in [-0.1, -0.05) is 12.1 Å². The van der Waals surface area contributed by atoms with Crippen LogP contribution < -0.4 is 5.73 Å². The Morgan fingerprint density at radius 2 is 2.31 bits per heavy atom. The van der Waals surface area contributed by atoms with Crippen molar-refractivity contribution in [3.8, 4) is 0 Å². The predicted octanol–water partition coefficient (Wildman–Crippen LogP) is 1.16. The first-order chi connectivity index (χ1) is 7.54. The lowest BCUT2D eigenvalue weighted by Crippen LogP contribution is -2.16. The van der Waals surface area contributed by atoms with Crippen LogP contribution >= 0.6 is 0 Å². The zero-order valence-corrected chi connectivity index (χ0v) is 8.75. The van der Waals surface area contributed by atoms with Crippen LogP contribution in [0.15, 0.2) is 24.3 Å². The number of nitro groups is 1. The summed E-state index contributed by atoms with van der Waals surface area (Å²) in [6.07, 6.45) is -0.00231. The number of carbonyl (C=O) groups excluding carboxylic acids is 1. The van der Waals surface area contributed by atoms with Crippen LogP contribution in [-0.2, 0) is 9.53 Å². The van der Waals surface area contributed by atoms with E-state index in [4.69, 9.17) is 5.73 Å². The molecule has 0 saturated carbocycles. The predicted molar refractivity (Wildman–Crippen MR) is 56.7 cm³/mol. The molecular formula is C10H12N2O4. The van der Waals surface area contributed by atoms with Gasteiger partial charge in [-0.2, -0.15) is 0 Å². The highest BCUT2D eigenvalue weighted by Crippen LogP contribution is 2.19. The first kappa shape index (κ1) is 12.1. The highest BCUT2D eigenvalue weighted by molar-refractivity contribution is 5.70. The monoisotopic (exact) mass is 224 g/mol. The molecule has 0 amide bonds. The first-order valence-corrected chi connectivity index (χ1v) is 4.61. The number of benzene rings is 1. The summed E-state index contributed by atoms with van der Waals surface area (Å²) < 4.78 is 4.47. The number of esters is 1. The van der Waals surface area contributed by atoms with Gasteiger partial charge in [0.1, 0.15) is 0 Å². The highest BCUT2D eigenvalue weighted by Gasteiger charge is 2.14. The van der Waals surface area contributed by atoms with E-state index in [0.717, 1.165) is 0 Å². The van der Waals surface area contributed by atoms with Gasteiger partial charge in [0.15, 0.2) is 0 Å². The molecule has 0 bridgehead atoms. The number of carbonyl (C=O) groups is 1. The molecular weight excluding hydrogens is 212 g/mol. The lowest BCUT2D eigenvalue weighted by Gasteiger charge is -2.09. The number of nitrogens with two attached hydrogens (primary N) is 1. The van der Waals surface area contributed by atoms with Crippen molar-refractivity contribution in [2.75, 3.05) is 7.11 Å². The maximum atomic E-state index is 11.0. The molecule has 0 aliphatic heterocycles. The molecule has 1 aromatic carbocycles. The standard InChI is InChI=1S/C10H12N2O4/c1-16-10(13)6-9(11)7-3-2-4-8(5-7)12(14)15/h2-5,9H,6,11H2,1H3. The van der Waals surface area contributed by atoms with Crippen molar-refractivity contribution < 1.29 is 14.5 Å². The second-order valence-corrected chi connectivity index (χ2v) is 3.24. The van der Waals surface area contributed by atoms with E-state index in [-0.39, 0.29) is 12.1 Å². The molecule has 1 unspecified atom stereocenters. The molecule has 0 aliphatic carbocycles. The molecule has 6 nitrogen and oxygen atoms in total. The van der Waals surface area contributed by atoms with Crippen LogP contribution in [-0.4, -0.2) is 18.0 Å². The SMILES string of the molecule is COC(=O)CC(N)c1cccc([N+](=O)[O-])c1. The third-order valence-corrected chi connectivity index (χ3v) is 2.12. The van der Waals surface area contributed by atoms with Crippen LogP contribution in [0, 0.1) is 10.1 Å². The van der Waals surface area contributed by atoms with Crippen LogP contribution in [0.2, 0.25) is 0 Å². The molecule has 0 radical (unpaired) electrons. The molecule has 0 spiro atoms. The van der Waals surface area contributed by atoms with Crippen molar-refractivity contribution in [3.05, 3.63) is 39.9 Å². The number of ether oxygens (including phenoxy) is 1. The number of hydrogen-bond donors (Lipinski definition) is 1. The van der Waals surface area contributed by atoms with Crippen LogP contribution in [0.1, 0.15) is 18.0 Å². The molecule has 6 heteroatoms. The van der Waals surface area contributed by atoms with Gasteiger partial charge in [0.25, 0.3) is 5.69 Å². The fourth-order valence-electron chi connectivity index (χ4n) is 1.25. The molecule has 2 N–H and O–H groups in total. The topological polar surface area (TPSA) is 95.5 Å². The average molecular weight is 224 g/mol. The summed E-state index contributed by atoms with van der Waals surface area (Å²) in [7, 11) is 1.27. The van der Waals surface area contributed by atoms with Crippen molar-refractivity contribution in [2.24, 2.45) is 5.73 Å². The highest BCUT2D eigenvalue weighted by atomic mass is 16.6. The van der Waals surface area contributed by atoms with Crippen molar-refractivity contribution >= 4 is 11.7 Å². The van der Waals surface area contributed by atoms with E-state index >= 15 is 0 Å². The lowest BCUT2D eigenvalue weighted by molar-refractivity contribution is -0.384. The molecule has 1 rings (SSSR count). The number of nitrogens with zero attached hydrogens (tertiary/aromatic N) is 1. The summed E-state index contributed by atoms with van der Waals surface area (Å²) in [5, 5.41) is 10.5. The fourth-order valence-corrected chi connectivity index (χ4v) is 1.25. The Morgan fingerprint density at radius 3 is 2.88 bits per heavy atom. The minimum Gasteiger partial charge on any atom is -0.469 e. The Balaban J connectivity index is 2.83. The second-order valence-electron chi connectivity index (χ2n) is 3.24. The van der Waals surface area contributed by atoms with Crippen LogP contribution in [0.5, 0.6) is 0 Å². The van der Waals surface area contributed by atoms with Crippen LogP contribution in [0.4, 0.5) is 5.69 Å². The van der Waals surface area contributed by atoms with E-state index in [1.165, 1.54) is 25.3 Å². The smallest absolute Gasteiger partial charge is 0.307 e. The third-order valence-electron chi connectivity index (χ3n) is 2.12. The Bertz CT molecular complexity index is 406. The number of rotatable bonds is 4. The maximum absolute atomic E-state index is 11.0. The number of non-ortho nitro benzene ring substituents is 1. The number of nitro benzene ring substituents is 1. The summed E-state index contributed by atoms with van der Waals surface area (Å²) in [5.41, 5.74) is 6.21. The summed E-state index contributed by atoms with van der Waals surface area (Å²) in [6.45, 7) is 0. The Morgan fingerprint density at radius 1 is 1.62 bits per heavy atom. The fraction of sp³-hybridized carbons (Fsp3) is 0.300.